The van der Waals surface area contributed by atoms with Gasteiger partial charge in [0, 0.05) is 23.1 Å². The molecule has 0 saturated heterocycles. The number of hydrogen-bond donors (Lipinski definition) is 4. The molecule has 0 fully saturated rings. The van der Waals surface area contributed by atoms with Gasteiger partial charge in [0.05, 0.1) is 0 Å². The fourth-order valence-corrected chi connectivity index (χ4v) is 0. The Morgan fingerprint density at radius 3 is 0.778 bits per heavy atom. The quantitative estimate of drug-likeness (QED) is 0.283. The van der Waals surface area contributed by atoms with E-state index in [-0.39, 0.29) is 23.1 Å². The Bertz CT molecular complexity index is 74.6. The van der Waals surface area contributed by atoms with Crippen LogP contribution in [0, 0.1) is 0 Å². The zero-order valence-electron chi connectivity index (χ0n) is 4.83. The van der Waals surface area contributed by atoms with Gasteiger partial charge in [0.25, 0.3) is 0 Å². The molecule has 0 spiro atoms. The first-order valence-electron chi connectivity index (χ1n) is 1.56. The van der Waals surface area contributed by atoms with E-state index in [1.54, 1.807) is 0 Å². The molecular formula is C2H8MgN4O2. The van der Waals surface area contributed by atoms with Crippen LogP contribution >= 0.6 is 0 Å². The number of amides is 4. The zero-order chi connectivity index (χ0) is 7.15. The van der Waals surface area contributed by atoms with Gasteiger partial charge in [0.15, 0.2) is 0 Å². The van der Waals surface area contributed by atoms with E-state index in [4.69, 9.17) is 9.59 Å². The molecule has 4 amide bonds. The minimum absolute atomic E-state index is 0. The van der Waals surface area contributed by atoms with Gasteiger partial charge in [-0.15, -0.1) is 0 Å². The lowest BCUT2D eigenvalue weighted by Crippen LogP contribution is -2.18. The Morgan fingerprint density at radius 2 is 0.778 bits per heavy atom. The second kappa shape index (κ2) is 10.3. The van der Waals surface area contributed by atoms with Crippen molar-refractivity contribution >= 4 is 35.1 Å². The molecule has 0 aromatic heterocycles. The van der Waals surface area contributed by atoms with Crippen molar-refractivity contribution in [3.63, 3.8) is 0 Å². The minimum Gasteiger partial charge on any atom is -0.352 e. The van der Waals surface area contributed by atoms with Crippen LogP contribution in [0.1, 0.15) is 0 Å². The monoisotopic (exact) mass is 144 g/mol. The summed E-state index contributed by atoms with van der Waals surface area (Å²) in [5.74, 6) is 0. The largest absolute Gasteiger partial charge is 0.352 e. The third-order valence-electron chi connectivity index (χ3n) is 0. The highest BCUT2D eigenvalue weighted by atomic mass is 24.3. The molecule has 9 heavy (non-hydrogen) atoms. The van der Waals surface area contributed by atoms with E-state index < -0.39 is 12.1 Å². The Balaban J connectivity index is -0.0000000720. The molecule has 0 rings (SSSR count). The summed E-state index contributed by atoms with van der Waals surface area (Å²) in [6.07, 6.45) is 0. The van der Waals surface area contributed by atoms with Crippen LogP contribution in [0.3, 0.4) is 0 Å². The molecule has 0 aromatic carbocycles. The van der Waals surface area contributed by atoms with Crippen LogP contribution in [0.5, 0.6) is 0 Å². The standard InChI is InChI=1S/2CH4N2O.Mg/c2*2-1(3)4;/h2*(H4,2,3,4);. The Hall–Kier alpha value is -0.694. The number of rotatable bonds is 0. The molecule has 8 N–H and O–H groups in total. The van der Waals surface area contributed by atoms with E-state index >= 15 is 0 Å². The molecule has 0 saturated carbocycles. The van der Waals surface area contributed by atoms with Crippen LogP contribution in [0.4, 0.5) is 9.59 Å². The molecule has 0 aliphatic rings. The highest BCUT2D eigenvalue weighted by Crippen LogP contribution is 1.26. The van der Waals surface area contributed by atoms with E-state index in [0.717, 1.165) is 0 Å². The van der Waals surface area contributed by atoms with E-state index in [1.165, 1.54) is 0 Å². The third-order valence-corrected chi connectivity index (χ3v) is 0. The fraction of sp³-hybridized carbons (Fsp3) is 0. The first-order valence-corrected chi connectivity index (χ1v) is 1.56. The molecule has 6 nitrogen and oxygen atoms in total. The summed E-state index contributed by atoms with van der Waals surface area (Å²) in [6.45, 7) is 0. The number of carbonyl (C=O) groups excluding carboxylic acids is 2. The number of urea groups is 2. The van der Waals surface area contributed by atoms with Crippen LogP contribution < -0.4 is 22.9 Å². The van der Waals surface area contributed by atoms with Gasteiger partial charge >= 0.3 is 12.1 Å². The van der Waals surface area contributed by atoms with Crippen molar-refractivity contribution in [2.45, 2.75) is 0 Å². The summed E-state index contributed by atoms with van der Waals surface area (Å²) in [5, 5.41) is 0. The molecule has 0 aliphatic heterocycles. The first-order chi connectivity index (χ1) is 3.46. The van der Waals surface area contributed by atoms with E-state index in [1.807, 2.05) is 0 Å². The molecule has 0 aromatic rings. The minimum atomic E-state index is -0.833. The van der Waals surface area contributed by atoms with Crippen LogP contribution in [0.15, 0.2) is 0 Å². The molecule has 0 unspecified atom stereocenters. The third kappa shape index (κ3) is 427. The van der Waals surface area contributed by atoms with Gasteiger partial charge < -0.3 is 22.9 Å². The lowest BCUT2D eigenvalue weighted by molar-refractivity contribution is 0.255. The van der Waals surface area contributed by atoms with Crippen molar-refractivity contribution in [1.29, 1.82) is 0 Å². The first kappa shape index (κ1) is 15.7. The zero-order valence-corrected chi connectivity index (χ0v) is 6.25. The lowest BCUT2D eigenvalue weighted by atomic mass is 11.2. The molecule has 0 aliphatic carbocycles. The summed E-state index contributed by atoms with van der Waals surface area (Å²) in [5.41, 5.74) is 17.0. The Morgan fingerprint density at radius 1 is 0.778 bits per heavy atom. The van der Waals surface area contributed by atoms with Crippen molar-refractivity contribution < 1.29 is 9.59 Å². The van der Waals surface area contributed by atoms with Crippen LogP contribution in [-0.4, -0.2) is 35.1 Å². The molecule has 0 bridgehead atoms. The number of nitrogens with two attached hydrogens (primary N) is 4. The number of hydrogen-bond acceptors (Lipinski definition) is 2. The predicted molar refractivity (Wildman–Crippen MR) is 33.3 cm³/mol. The smallest absolute Gasteiger partial charge is 0.309 e. The molecule has 7 heteroatoms. The normalized spacial score (nSPS) is 5.33. The second-order valence-electron chi connectivity index (χ2n) is 0.805. The average Bonchev–Trinajstić information content (AvgIpc) is 1.25. The maximum absolute atomic E-state index is 9.00. The SMILES string of the molecule is NC(N)=O.NC(N)=O.[Mg]. The van der Waals surface area contributed by atoms with Gasteiger partial charge in [-0.05, 0) is 0 Å². The Kier molecular flexibility index (Phi) is 18.1. The number of primary amides is 4. The van der Waals surface area contributed by atoms with Crippen molar-refractivity contribution in [1.82, 2.24) is 0 Å². The van der Waals surface area contributed by atoms with E-state index in [0.29, 0.717) is 0 Å². The summed E-state index contributed by atoms with van der Waals surface area (Å²) in [6, 6.07) is -1.67. The van der Waals surface area contributed by atoms with Gasteiger partial charge in [0.1, 0.15) is 0 Å². The lowest BCUT2D eigenvalue weighted by Gasteiger charge is -1.62. The van der Waals surface area contributed by atoms with Crippen molar-refractivity contribution in [2.24, 2.45) is 22.9 Å². The molecule has 0 heterocycles. The van der Waals surface area contributed by atoms with Crippen molar-refractivity contribution in [2.75, 3.05) is 0 Å². The van der Waals surface area contributed by atoms with E-state index in [2.05, 4.69) is 22.9 Å². The molecule has 0 atom stereocenters. The second-order valence-corrected chi connectivity index (χ2v) is 0.805. The summed E-state index contributed by atoms with van der Waals surface area (Å²) in [4.78, 5) is 18.0. The average molecular weight is 144 g/mol. The van der Waals surface area contributed by atoms with Crippen LogP contribution in [-0.2, 0) is 0 Å². The van der Waals surface area contributed by atoms with Gasteiger partial charge in [-0.1, -0.05) is 0 Å². The highest BCUT2D eigenvalue weighted by Gasteiger charge is 1.61. The van der Waals surface area contributed by atoms with Gasteiger partial charge in [-0.25, -0.2) is 9.59 Å². The van der Waals surface area contributed by atoms with Crippen molar-refractivity contribution in [3.8, 4) is 0 Å². The van der Waals surface area contributed by atoms with Gasteiger partial charge in [0.2, 0.25) is 0 Å². The fourth-order valence-electron chi connectivity index (χ4n) is 0. The maximum atomic E-state index is 9.00. The maximum Gasteiger partial charge on any atom is 0.309 e. The summed E-state index contributed by atoms with van der Waals surface area (Å²) >= 11 is 0. The summed E-state index contributed by atoms with van der Waals surface area (Å²) < 4.78 is 0. The van der Waals surface area contributed by atoms with Gasteiger partial charge in [-0.2, -0.15) is 0 Å². The van der Waals surface area contributed by atoms with Crippen LogP contribution in [0.2, 0.25) is 0 Å². The van der Waals surface area contributed by atoms with Crippen LogP contribution in [0.25, 0.3) is 0 Å². The molecule has 50 valence electrons. The van der Waals surface area contributed by atoms with Gasteiger partial charge in [-0.3, -0.25) is 0 Å². The Labute approximate surface area is 68.1 Å². The van der Waals surface area contributed by atoms with E-state index in [9.17, 15) is 0 Å². The highest BCUT2D eigenvalue weighted by molar-refractivity contribution is 5.75. The number of carbonyl (C=O) groups is 2. The predicted octanol–water partition coefficient (Wildman–Crippen LogP) is -2.33. The van der Waals surface area contributed by atoms with Crippen molar-refractivity contribution in [3.05, 3.63) is 0 Å². The summed E-state index contributed by atoms with van der Waals surface area (Å²) in [7, 11) is 0. The molecule has 2 radical (unpaired) electrons. The molecular weight excluding hydrogens is 136 g/mol. The topological polar surface area (TPSA) is 138 Å².